The summed E-state index contributed by atoms with van der Waals surface area (Å²) >= 11 is 0. The molecule has 0 saturated heterocycles. The molecule has 0 bridgehead atoms. The number of H-pyrrole nitrogens is 1. The van der Waals surface area contributed by atoms with Crippen LogP contribution in [-0.2, 0) is 6.54 Å². The predicted octanol–water partition coefficient (Wildman–Crippen LogP) is 0.107. The van der Waals surface area contributed by atoms with E-state index in [0.717, 1.165) is 23.1 Å². The maximum Gasteiger partial charge on any atom is 0.271 e. The molecule has 0 radical (unpaired) electrons. The Morgan fingerprint density at radius 2 is 1.95 bits per heavy atom. The zero-order valence-corrected chi connectivity index (χ0v) is 10.6. The molecular weight excluding hydrogens is 246 g/mol. The molecule has 0 unspecified atom stereocenters. The Kier molecular flexibility index (Phi) is 3.65. The predicted molar refractivity (Wildman–Crippen MR) is 67.5 cm³/mol. The first kappa shape index (κ1) is 12.9. The van der Waals surface area contributed by atoms with Gasteiger partial charge in [-0.25, -0.2) is 15.0 Å². The molecule has 2 aromatic heterocycles. The average molecular weight is 259 g/mol. The summed E-state index contributed by atoms with van der Waals surface area (Å²) in [5.74, 6) is -0.362. The minimum Gasteiger partial charge on any atom is -0.346 e. The van der Waals surface area contributed by atoms with E-state index < -0.39 is 0 Å². The van der Waals surface area contributed by atoms with Crippen molar-refractivity contribution in [3.05, 3.63) is 51.7 Å². The Labute approximate surface area is 109 Å². The largest absolute Gasteiger partial charge is 0.346 e. The fraction of sp³-hybridized carbons (Fsp3) is 0.250. The molecule has 98 valence electrons. The summed E-state index contributed by atoms with van der Waals surface area (Å²) < 4.78 is 0. The zero-order valence-electron chi connectivity index (χ0n) is 10.6. The maximum atomic E-state index is 11.8. The summed E-state index contributed by atoms with van der Waals surface area (Å²) in [7, 11) is 0. The second-order valence-electron chi connectivity index (χ2n) is 4.00. The third-order valence-electron chi connectivity index (χ3n) is 2.71. The van der Waals surface area contributed by atoms with Gasteiger partial charge >= 0.3 is 0 Å². The fourth-order valence-corrected chi connectivity index (χ4v) is 1.60. The summed E-state index contributed by atoms with van der Waals surface area (Å²) in [4.78, 5) is 37.0. The van der Waals surface area contributed by atoms with Gasteiger partial charge in [0.05, 0.1) is 6.20 Å². The van der Waals surface area contributed by atoms with Gasteiger partial charge in [0.1, 0.15) is 12.0 Å². The highest BCUT2D eigenvalue weighted by Crippen LogP contribution is 2.07. The van der Waals surface area contributed by atoms with E-state index in [9.17, 15) is 9.59 Å². The number of nitrogens with zero attached hydrogens (tertiary/aromatic N) is 3. The van der Waals surface area contributed by atoms with E-state index in [-0.39, 0.29) is 17.2 Å². The van der Waals surface area contributed by atoms with Gasteiger partial charge in [-0.3, -0.25) is 9.59 Å². The molecule has 0 aliphatic rings. The van der Waals surface area contributed by atoms with Crippen LogP contribution in [-0.4, -0.2) is 25.8 Å². The van der Waals surface area contributed by atoms with Crippen molar-refractivity contribution in [1.82, 2.24) is 25.3 Å². The van der Waals surface area contributed by atoms with E-state index in [1.807, 2.05) is 13.8 Å². The molecule has 2 aromatic rings. The lowest BCUT2D eigenvalue weighted by Crippen LogP contribution is -2.26. The molecular formula is C12H13N5O2. The van der Waals surface area contributed by atoms with Crippen LogP contribution in [0.1, 0.15) is 27.4 Å². The number of nitrogens with one attached hydrogen (secondary N) is 2. The van der Waals surface area contributed by atoms with Gasteiger partial charge in [0.15, 0.2) is 0 Å². The molecule has 0 fully saturated rings. The smallest absolute Gasteiger partial charge is 0.271 e. The summed E-state index contributed by atoms with van der Waals surface area (Å²) in [6, 6.07) is 0. The summed E-state index contributed by atoms with van der Waals surface area (Å²) in [5.41, 5.74) is 2.33. The summed E-state index contributed by atoms with van der Waals surface area (Å²) in [6.45, 7) is 4.03. The zero-order chi connectivity index (χ0) is 13.8. The Morgan fingerprint density at radius 1 is 1.26 bits per heavy atom. The van der Waals surface area contributed by atoms with E-state index in [0.29, 0.717) is 6.54 Å². The number of hydrogen-bond acceptors (Lipinski definition) is 5. The standard InChI is InChI=1S/C12H13N5O2/c1-7-9(8(2)17-6-16-7)3-15-12(19)10-4-14-11(18)5-13-10/h4-6H,3H2,1-2H3,(H,14,18)(H,15,19). The van der Waals surface area contributed by atoms with Gasteiger partial charge < -0.3 is 10.3 Å². The van der Waals surface area contributed by atoms with E-state index in [4.69, 9.17) is 0 Å². The van der Waals surface area contributed by atoms with Crippen LogP contribution in [0, 0.1) is 13.8 Å². The molecule has 7 heteroatoms. The molecule has 1 amide bonds. The number of carbonyl (C=O) groups is 1. The van der Waals surface area contributed by atoms with Crippen molar-refractivity contribution in [2.75, 3.05) is 0 Å². The van der Waals surface area contributed by atoms with E-state index in [1.54, 1.807) is 0 Å². The second kappa shape index (κ2) is 5.38. The van der Waals surface area contributed by atoms with Crippen LogP contribution in [0.4, 0.5) is 0 Å². The molecule has 0 spiro atoms. The molecule has 0 aliphatic heterocycles. The molecule has 2 rings (SSSR count). The van der Waals surface area contributed by atoms with Gasteiger partial charge in [-0.2, -0.15) is 0 Å². The summed E-state index contributed by atoms with van der Waals surface area (Å²) in [5, 5.41) is 2.71. The number of aromatic nitrogens is 4. The normalized spacial score (nSPS) is 10.2. The highest BCUT2D eigenvalue weighted by atomic mass is 16.2. The monoisotopic (exact) mass is 259 g/mol. The number of aryl methyl sites for hydroxylation is 2. The third-order valence-corrected chi connectivity index (χ3v) is 2.71. The first-order chi connectivity index (χ1) is 9.08. The SMILES string of the molecule is Cc1ncnc(C)c1CNC(=O)c1c[nH]c(=O)cn1. The van der Waals surface area contributed by atoms with Crippen LogP contribution in [0.3, 0.4) is 0 Å². The molecule has 0 aliphatic carbocycles. The van der Waals surface area contributed by atoms with E-state index >= 15 is 0 Å². The Morgan fingerprint density at radius 3 is 2.53 bits per heavy atom. The Bertz CT molecular complexity index is 625. The molecule has 2 heterocycles. The van der Waals surface area contributed by atoms with Gasteiger partial charge in [0, 0.05) is 29.7 Å². The van der Waals surface area contributed by atoms with Gasteiger partial charge in [-0.05, 0) is 13.8 Å². The van der Waals surface area contributed by atoms with E-state index in [2.05, 4.69) is 25.3 Å². The van der Waals surface area contributed by atoms with Gasteiger partial charge in [0.25, 0.3) is 11.5 Å². The second-order valence-corrected chi connectivity index (χ2v) is 4.00. The van der Waals surface area contributed by atoms with Gasteiger partial charge in [0.2, 0.25) is 0 Å². The lowest BCUT2D eigenvalue weighted by atomic mass is 10.2. The van der Waals surface area contributed by atoms with Crippen molar-refractivity contribution in [3.8, 4) is 0 Å². The molecule has 0 atom stereocenters. The number of hydrogen-bond donors (Lipinski definition) is 2. The van der Waals surface area contributed by atoms with Crippen LogP contribution < -0.4 is 10.9 Å². The molecule has 0 aromatic carbocycles. The molecule has 7 nitrogen and oxygen atoms in total. The topological polar surface area (TPSA) is 101 Å². The van der Waals surface area contributed by atoms with Crippen molar-refractivity contribution in [3.63, 3.8) is 0 Å². The number of carbonyl (C=O) groups excluding carboxylic acids is 1. The third kappa shape index (κ3) is 3.01. The van der Waals surface area contributed by atoms with Crippen LogP contribution >= 0.6 is 0 Å². The van der Waals surface area contributed by atoms with Crippen LogP contribution in [0.25, 0.3) is 0 Å². The van der Waals surface area contributed by atoms with Gasteiger partial charge in [-0.1, -0.05) is 0 Å². The van der Waals surface area contributed by atoms with Crippen LogP contribution in [0.5, 0.6) is 0 Å². The highest BCUT2D eigenvalue weighted by Gasteiger charge is 2.09. The quantitative estimate of drug-likeness (QED) is 0.814. The minimum atomic E-state index is -0.362. The lowest BCUT2D eigenvalue weighted by molar-refractivity contribution is 0.0945. The number of amides is 1. The van der Waals surface area contributed by atoms with Crippen molar-refractivity contribution in [2.24, 2.45) is 0 Å². The highest BCUT2D eigenvalue weighted by molar-refractivity contribution is 5.91. The van der Waals surface area contributed by atoms with Crippen molar-refractivity contribution in [2.45, 2.75) is 20.4 Å². The Balaban J connectivity index is 2.08. The molecule has 0 saturated carbocycles. The summed E-state index contributed by atoms with van der Waals surface area (Å²) in [6.07, 6.45) is 3.83. The maximum absolute atomic E-state index is 11.8. The minimum absolute atomic E-state index is 0.159. The first-order valence-corrected chi connectivity index (χ1v) is 5.68. The van der Waals surface area contributed by atoms with Gasteiger partial charge in [-0.15, -0.1) is 0 Å². The first-order valence-electron chi connectivity index (χ1n) is 5.68. The van der Waals surface area contributed by atoms with Crippen LogP contribution in [0.2, 0.25) is 0 Å². The number of rotatable bonds is 3. The van der Waals surface area contributed by atoms with Crippen molar-refractivity contribution >= 4 is 5.91 Å². The van der Waals surface area contributed by atoms with Crippen LogP contribution in [0.15, 0.2) is 23.5 Å². The Hall–Kier alpha value is -2.57. The lowest BCUT2D eigenvalue weighted by Gasteiger charge is -2.08. The molecule has 19 heavy (non-hydrogen) atoms. The van der Waals surface area contributed by atoms with Crippen molar-refractivity contribution < 1.29 is 4.79 Å². The average Bonchev–Trinajstić information content (AvgIpc) is 2.38. The molecule has 2 N–H and O–H groups in total. The number of aromatic amines is 1. The fourth-order valence-electron chi connectivity index (χ4n) is 1.60. The van der Waals surface area contributed by atoms with Crippen molar-refractivity contribution in [1.29, 1.82) is 0 Å². The van der Waals surface area contributed by atoms with E-state index in [1.165, 1.54) is 12.5 Å².